The molecule has 158 valence electrons. The highest BCUT2D eigenvalue weighted by Gasteiger charge is 2.34. The van der Waals surface area contributed by atoms with Crippen LogP contribution in [-0.2, 0) is 6.42 Å². The third-order valence-electron chi connectivity index (χ3n) is 5.98. The number of nitrogens with zero attached hydrogens (tertiary/aromatic N) is 4. The van der Waals surface area contributed by atoms with Gasteiger partial charge in [-0.25, -0.2) is 14.8 Å². The quantitative estimate of drug-likeness (QED) is 0.603. The van der Waals surface area contributed by atoms with Gasteiger partial charge in [-0.05, 0) is 30.2 Å². The molecule has 1 aliphatic rings. The van der Waals surface area contributed by atoms with Crippen LogP contribution >= 0.6 is 0 Å². The van der Waals surface area contributed by atoms with E-state index in [2.05, 4.69) is 31.0 Å². The standard InChI is InChI=1S/C23H29N4O3/c1-6-15-12-17(29-5)13-19-20(15)23(28)30-22(25-19)18-8-7-10-24-21(18)26-11-9-16(14-26)27(2,3)4/h7-8,10,12-13,16H,6,9,11,14H2,1-5H3/q+1/t16-/m0/s1. The number of fused-ring (bicyclic) bond motifs is 1. The third kappa shape index (κ3) is 3.65. The molecule has 3 aromatic rings. The van der Waals surface area contributed by atoms with E-state index in [9.17, 15) is 4.79 Å². The molecule has 3 heterocycles. The van der Waals surface area contributed by atoms with Gasteiger partial charge in [-0.2, -0.15) is 0 Å². The summed E-state index contributed by atoms with van der Waals surface area (Å²) in [7, 11) is 8.27. The van der Waals surface area contributed by atoms with Crippen LogP contribution in [0.5, 0.6) is 5.75 Å². The van der Waals surface area contributed by atoms with Crippen molar-refractivity contribution >= 4 is 16.7 Å². The molecule has 7 nitrogen and oxygen atoms in total. The summed E-state index contributed by atoms with van der Waals surface area (Å²) in [4.78, 5) is 24.5. The number of methoxy groups -OCH3 is 1. The molecule has 0 saturated carbocycles. The van der Waals surface area contributed by atoms with E-state index in [0.717, 1.165) is 40.9 Å². The van der Waals surface area contributed by atoms with Gasteiger partial charge in [0, 0.05) is 25.2 Å². The minimum atomic E-state index is -0.380. The molecule has 30 heavy (non-hydrogen) atoms. The van der Waals surface area contributed by atoms with E-state index in [-0.39, 0.29) is 5.63 Å². The summed E-state index contributed by atoms with van der Waals surface area (Å²) in [6.07, 6.45) is 3.55. The number of benzene rings is 1. The maximum atomic E-state index is 12.9. The van der Waals surface area contributed by atoms with Crippen LogP contribution in [0.3, 0.4) is 0 Å². The summed E-state index contributed by atoms with van der Waals surface area (Å²) < 4.78 is 12.0. The van der Waals surface area contributed by atoms with Gasteiger partial charge in [-0.3, -0.25) is 0 Å². The number of aryl methyl sites for hydroxylation is 1. The fourth-order valence-corrected chi connectivity index (χ4v) is 4.15. The monoisotopic (exact) mass is 409 g/mol. The Hall–Kier alpha value is -2.93. The van der Waals surface area contributed by atoms with E-state index < -0.39 is 0 Å². The maximum Gasteiger partial charge on any atom is 0.347 e. The first kappa shape index (κ1) is 20.3. The van der Waals surface area contributed by atoms with Crippen molar-refractivity contribution in [1.29, 1.82) is 0 Å². The molecule has 1 fully saturated rings. The highest BCUT2D eigenvalue weighted by atomic mass is 16.5. The van der Waals surface area contributed by atoms with Gasteiger partial charge >= 0.3 is 5.63 Å². The molecule has 0 aliphatic carbocycles. The average molecular weight is 410 g/mol. The fraction of sp³-hybridized carbons (Fsp3) is 0.435. The second kappa shape index (κ2) is 7.72. The van der Waals surface area contributed by atoms with Crippen molar-refractivity contribution in [2.75, 3.05) is 46.2 Å². The number of ether oxygens (including phenoxy) is 1. The minimum Gasteiger partial charge on any atom is -0.497 e. The molecule has 4 rings (SSSR count). The molecule has 7 heteroatoms. The first-order valence-corrected chi connectivity index (χ1v) is 10.3. The van der Waals surface area contributed by atoms with Crippen molar-refractivity contribution in [1.82, 2.24) is 9.97 Å². The van der Waals surface area contributed by atoms with Gasteiger partial charge in [0.15, 0.2) is 0 Å². The highest BCUT2D eigenvalue weighted by Crippen LogP contribution is 2.32. The lowest BCUT2D eigenvalue weighted by atomic mass is 10.1. The van der Waals surface area contributed by atoms with Crippen molar-refractivity contribution in [2.45, 2.75) is 25.8 Å². The van der Waals surface area contributed by atoms with Crippen LogP contribution in [-0.4, -0.2) is 61.8 Å². The molecule has 0 N–H and O–H groups in total. The summed E-state index contributed by atoms with van der Waals surface area (Å²) in [6.45, 7) is 3.81. The number of aromatic nitrogens is 2. The van der Waals surface area contributed by atoms with Crippen LogP contribution in [0.1, 0.15) is 18.9 Å². The second-order valence-electron chi connectivity index (χ2n) is 8.72. The molecule has 1 atom stereocenters. The van der Waals surface area contributed by atoms with Gasteiger partial charge in [0.05, 0.1) is 51.3 Å². The molecule has 0 bridgehead atoms. The predicted octanol–water partition coefficient (Wildman–Crippen LogP) is 3.11. The fourth-order valence-electron chi connectivity index (χ4n) is 4.15. The van der Waals surface area contributed by atoms with Crippen molar-refractivity contribution in [2.24, 2.45) is 0 Å². The SMILES string of the molecule is CCc1cc(OC)cc2nc(-c3cccnc3N3CC[C@H]([N+](C)(C)C)C3)oc(=O)c12. The Morgan fingerprint density at radius 2 is 2.10 bits per heavy atom. The van der Waals surface area contributed by atoms with Gasteiger partial charge in [-0.1, -0.05) is 6.92 Å². The van der Waals surface area contributed by atoms with Crippen molar-refractivity contribution in [3.63, 3.8) is 0 Å². The van der Waals surface area contributed by atoms with E-state index in [1.165, 1.54) is 0 Å². The lowest BCUT2D eigenvalue weighted by Crippen LogP contribution is -2.46. The number of likely N-dealkylation sites (N-methyl/N-ethyl adjacent to an activating group) is 1. The van der Waals surface area contributed by atoms with E-state index in [0.29, 0.717) is 35.0 Å². The Bertz CT molecular complexity index is 1130. The summed E-state index contributed by atoms with van der Waals surface area (Å²) in [5, 5.41) is 0.513. The van der Waals surface area contributed by atoms with Gasteiger partial charge in [0.1, 0.15) is 17.6 Å². The zero-order valence-corrected chi connectivity index (χ0v) is 18.3. The Labute approximate surface area is 176 Å². The van der Waals surface area contributed by atoms with Gasteiger partial charge in [0.2, 0.25) is 5.89 Å². The summed E-state index contributed by atoms with van der Waals surface area (Å²) in [5.74, 6) is 1.78. The van der Waals surface area contributed by atoms with Crippen LogP contribution in [0.15, 0.2) is 39.7 Å². The smallest absolute Gasteiger partial charge is 0.347 e. The summed E-state index contributed by atoms with van der Waals surface area (Å²) in [6, 6.07) is 7.94. The number of rotatable bonds is 5. The third-order valence-corrected chi connectivity index (χ3v) is 5.98. The van der Waals surface area contributed by atoms with Crippen LogP contribution in [0.25, 0.3) is 22.4 Å². The number of quaternary nitrogens is 1. The van der Waals surface area contributed by atoms with E-state index in [1.807, 2.05) is 25.1 Å². The predicted molar refractivity (Wildman–Crippen MR) is 118 cm³/mol. The zero-order chi connectivity index (χ0) is 21.5. The molecule has 0 unspecified atom stereocenters. The van der Waals surface area contributed by atoms with Crippen LogP contribution in [0, 0.1) is 0 Å². The molecule has 0 radical (unpaired) electrons. The molecule has 1 saturated heterocycles. The van der Waals surface area contributed by atoms with Gasteiger partial charge < -0.3 is 18.5 Å². The van der Waals surface area contributed by atoms with Gasteiger partial charge in [0.25, 0.3) is 0 Å². The van der Waals surface area contributed by atoms with E-state index >= 15 is 0 Å². The van der Waals surface area contributed by atoms with Crippen LogP contribution in [0.4, 0.5) is 5.82 Å². The summed E-state index contributed by atoms with van der Waals surface area (Å²) in [5.41, 5.74) is 1.81. The number of pyridine rings is 1. The molecule has 1 aromatic carbocycles. The maximum absolute atomic E-state index is 12.9. The van der Waals surface area contributed by atoms with Crippen molar-refractivity contribution in [3.8, 4) is 17.2 Å². The zero-order valence-electron chi connectivity index (χ0n) is 18.3. The Kier molecular flexibility index (Phi) is 5.24. The lowest BCUT2D eigenvalue weighted by Gasteiger charge is -2.31. The second-order valence-corrected chi connectivity index (χ2v) is 8.72. The van der Waals surface area contributed by atoms with Crippen LogP contribution < -0.4 is 15.3 Å². The van der Waals surface area contributed by atoms with Crippen molar-refractivity contribution in [3.05, 3.63) is 46.4 Å². The molecular formula is C23H29N4O3+. The Morgan fingerprint density at radius 1 is 1.30 bits per heavy atom. The van der Waals surface area contributed by atoms with Crippen molar-refractivity contribution < 1.29 is 13.6 Å². The topological polar surface area (TPSA) is 68.5 Å². The molecule has 1 aliphatic heterocycles. The van der Waals surface area contributed by atoms with E-state index in [1.54, 1.807) is 19.4 Å². The number of hydrogen-bond acceptors (Lipinski definition) is 6. The Balaban J connectivity index is 1.81. The average Bonchev–Trinajstić information content (AvgIpc) is 3.23. The first-order valence-electron chi connectivity index (χ1n) is 10.3. The summed E-state index contributed by atoms with van der Waals surface area (Å²) >= 11 is 0. The Morgan fingerprint density at radius 3 is 2.77 bits per heavy atom. The lowest BCUT2D eigenvalue weighted by molar-refractivity contribution is -0.893. The molecule has 0 spiro atoms. The van der Waals surface area contributed by atoms with Gasteiger partial charge in [-0.15, -0.1) is 0 Å². The molecular weight excluding hydrogens is 380 g/mol. The minimum absolute atomic E-state index is 0.291. The number of anilines is 1. The van der Waals surface area contributed by atoms with E-state index in [4.69, 9.17) is 14.1 Å². The molecule has 2 aromatic heterocycles. The highest BCUT2D eigenvalue weighted by molar-refractivity contribution is 5.84. The largest absolute Gasteiger partial charge is 0.497 e. The van der Waals surface area contributed by atoms with Crippen LogP contribution in [0.2, 0.25) is 0 Å². The first-order chi connectivity index (χ1) is 14.3. The normalized spacial score (nSPS) is 17.0. The molecule has 0 amide bonds. The number of hydrogen-bond donors (Lipinski definition) is 0.